The highest BCUT2D eigenvalue weighted by Gasteiger charge is 2.16. The summed E-state index contributed by atoms with van der Waals surface area (Å²) in [6, 6.07) is 4.54. The number of hydrogen-bond donors (Lipinski definition) is 0. The summed E-state index contributed by atoms with van der Waals surface area (Å²) in [6.07, 6.45) is 4.04. The number of rotatable bonds is 10. The van der Waals surface area contributed by atoms with Crippen molar-refractivity contribution in [1.82, 2.24) is 4.90 Å². The van der Waals surface area contributed by atoms with Crippen LogP contribution in [0, 0.1) is 5.92 Å². The molecule has 1 aromatic heterocycles. The molecule has 20 heavy (non-hydrogen) atoms. The first kappa shape index (κ1) is 17.4. The molecule has 0 N–H and O–H groups in total. The molecule has 0 aliphatic rings. The first-order chi connectivity index (χ1) is 9.58. The number of hydrogen-bond acceptors (Lipinski definition) is 3. The third-order valence-corrected chi connectivity index (χ3v) is 4.61. The third-order valence-electron chi connectivity index (χ3n) is 3.70. The van der Waals surface area contributed by atoms with Crippen molar-refractivity contribution in [3.05, 3.63) is 22.4 Å². The van der Waals surface area contributed by atoms with E-state index in [4.69, 9.17) is 0 Å². The van der Waals surface area contributed by atoms with Gasteiger partial charge in [-0.05, 0) is 43.2 Å². The van der Waals surface area contributed by atoms with Gasteiger partial charge in [-0.3, -0.25) is 4.79 Å². The number of nitrogens with zero attached hydrogens (tertiary/aromatic N) is 1. The molecule has 2 nitrogen and oxygen atoms in total. The Balaban J connectivity index is 2.43. The number of carbonyl (C=O) groups excluding carboxylic acids is 1. The van der Waals surface area contributed by atoms with Crippen molar-refractivity contribution in [3.63, 3.8) is 0 Å². The molecule has 114 valence electrons. The molecule has 0 spiro atoms. The second-order valence-corrected chi connectivity index (χ2v) is 6.81. The zero-order valence-electron chi connectivity index (χ0n) is 13.4. The van der Waals surface area contributed by atoms with Gasteiger partial charge < -0.3 is 4.90 Å². The van der Waals surface area contributed by atoms with Gasteiger partial charge >= 0.3 is 0 Å². The number of carbonyl (C=O) groups is 1. The van der Waals surface area contributed by atoms with E-state index in [1.165, 1.54) is 12.8 Å². The lowest BCUT2D eigenvalue weighted by Crippen LogP contribution is -2.38. The first-order valence-electron chi connectivity index (χ1n) is 7.89. The fraction of sp³-hybridized carbons (Fsp3) is 0.706. The largest absolute Gasteiger partial charge is 0.300 e. The molecule has 0 fully saturated rings. The minimum atomic E-state index is 0.300. The molecule has 0 bridgehead atoms. The summed E-state index contributed by atoms with van der Waals surface area (Å²) in [5, 5.41) is 1.97. The van der Waals surface area contributed by atoms with Crippen LogP contribution in [0.5, 0.6) is 0 Å². The highest BCUT2D eigenvalue weighted by atomic mass is 32.1. The molecule has 0 saturated carbocycles. The van der Waals surface area contributed by atoms with E-state index in [1.807, 2.05) is 17.5 Å². The van der Waals surface area contributed by atoms with Gasteiger partial charge in [-0.2, -0.15) is 0 Å². The van der Waals surface area contributed by atoms with E-state index in [2.05, 4.69) is 32.6 Å². The van der Waals surface area contributed by atoms with Crippen LogP contribution in [0.4, 0.5) is 0 Å². The Kier molecular flexibility index (Phi) is 8.08. The van der Waals surface area contributed by atoms with Crippen LogP contribution in [0.3, 0.4) is 0 Å². The fourth-order valence-electron chi connectivity index (χ4n) is 2.70. The van der Waals surface area contributed by atoms with Crippen LogP contribution in [-0.2, 0) is 0 Å². The van der Waals surface area contributed by atoms with Crippen molar-refractivity contribution in [2.75, 3.05) is 13.1 Å². The van der Waals surface area contributed by atoms with Gasteiger partial charge in [-0.1, -0.05) is 33.8 Å². The molecule has 0 aliphatic heterocycles. The molecule has 0 atom stereocenters. The molecule has 0 unspecified atom stereocenters. The van der Waals surface area contributed by atoms with Crippen LogP contribution in [0.25, 0.3) is 0 Å². The molecule has 1 aromatic rings. The Morgan fingerprint density at radius 1 is 1.30 bits per heavy atom. The van der Waals surface area contributed by atoms with Crippen molar-refractivity contribution < 1.29 is 4.79 Å². The molecule has 0 radical (unpaired) electrons. The van der Waals surface area contributed by atoms with Crippen molar-refractivity contribution in [2.45, 2.75) is 59.4 Å². The monoisotopic (exact) mass is 295 g/mol. The summed E-state index contributed by atoms with van der Waals surface area (Å²) in [6.45, 7) is 11.2. The highest BCUT2D eigenvalue weighted by Crippen LogP contribution is 2.15. The molecule has 0 saturated heterocycles. The molecule has 0 aromatic carbocycles. The van der Waals surface area contributed by atoms with Gasteiger partial charge in [0.25, 0.3) is 0 Å². The van der Waals surface area contributed by atoms with Gasteiger partial charge in [0.1, 0.15) is 0 Å². The summed E-state index contributed by atoms with van der Waals surface area (Å²) in [5.41, 5.74) is 0. The predicted octanol–water partition coefficient (Wildman–Crippen LogP) is 4.86. The smallest absolute Gasteiger partial charge is 0.172 e. The minimum Gasteiger partial charge on any atom is -0.300 e. The maximum Gasteiger partial charge on any atom is 0.172 e. The zero-order valence-corrected chi connectivity index (χ0v) is 14.2. The van der Waals surface area contributed by atoms with E-state index in [1.54, 1.807) is 11.3 Å². The van der Waals surface area contributed by atoms with E-state index in [9.17, 15) is 4.79 Å². The maximum absolute atomic E-state index is 12.0. The quantitative estimate of drug-likeness (QED) is 0.575. The second-order valence-electron chi connectivity index (χ2n) is 5.86. The van der Waals surface area contributed by atoms with Gasteiger partial charge in [0, 0.05) is 19.0 Å². The van der Waals surface area contributed by atoms with Crippen molar-refractivity contribution in [1.29, 1.82) is 0 Å². The lowest BCUT2D eigenvalue weighted by molar-refractivity contribution is 0.0970. The topological polar surface area (TPSA) is 20.3 Å². The Morgan fingerprint density at radius 2 is 2.00 bits per heavy atom. The van der Waals surface area contributed by atoms with Gasteiger partial charge in [0.05, 0.1) is 4.88 Å². The normalized spacial score (nSPS) is 11.8. The Hall–Kier alpha value is -0.670. The Bertz CT molecular complexity index is 368. The van der Waals surface area contributed by atoms with E-state index < -0.39 is 0 Å². The van der Waals surface area contributed by atoms with Crippen LogP contribution in [0.1, 0.15) is 63.0 Å². The number of thiophene rings is 1. The highest BCUT2D eigenvalue weighted by molar-refractivity contribution is 7.12. The SMILES string of the molecule is CCC(CC)N(CCCC(=O)c1cccs1)CC(C)C. The predicted molar refractivity (Wildman–Crippen MR) is 88.7 cm³/mol. The average molecular weight is 295 g/mol. The van der Waals surface area contributed by atoms with Crippen LogP contribution in [0.2, 0.25) is 0 Å². The lowest BCUT2D eigenvalue weighted by Gasteiger charge is -2.31. The number of ketones is 1. The van der Waals surface area contributed by atoms with Crippen LogP contribution in [-0.4, -0.2) is 29.8 Å². The van der Waals surface area contributed by atoms with Crippen LogP contribution >= 0.6 is 11.3 Å². The summed E-state index contributed by atoms with van der Waals surface area (Å²) in [4.78, 5) is 15.5. The van der Waals surface area contributed by atoms with E-state index in [0.29, 0.717) is 24.2 Å². The molecule has 0 aliphatic carbocycles. The summed E-state index contributed by atoms with van der Waals surface area (Å²) in [7, 11) is 0. The van der Waals surface area contributed by atoms with Crippen molar-refractivity contribution >= 4 is 17.1 Å². The molecule has 3 heteroatoms. The lowest BCUT2D eigenvalue weighted by atomic mass is 10.1. The molecule has 0 amide bonds. The van der Waals surface area contributed by atoms with Gasteiger partial charge in [-0.25, -0.2) is 0 Å². The minimum absolute atomic E-state index is 0.300. The molecule has 1 rings (SSSR count). The van der Waals surface area contributed by atoms with E-state index in [0.717, 1.165) is 24.4 Å². The maximum atomic E-state index is 12.0. The van der Waals surface area contributed by atoms with Crippen molar-refractivity contribution in [2.24, 2.45) is 5.92 Å². The van der Waals surface area contributed by atoms with Gasteiger partial charge in [0.2, 0.25) is 0 Å². The Morgan fingerprint density at radius 3 is 2.50 bits per heavy atom. The fourth-order valence-corrected chi connectivity index (χ4v) is 3.39. The van der Waals surface area contributed by atoms with E-state index in [-0.39, 0.29) is 0 Å². The first-order valence-corrected chi connectivity index (χ1v) is 8.77. The standard InChI is InChI=1S/C17H29NOS/c1-5-15(6-2)18(13-14(3)4)11-7-9-16(19)17-10-8-12-20-17/h8,10,12,14-15H,5-7,9,11,13H2,1-4H3. The van der Waals surface area contributed by atoms with Crippen LogP contribution in [0.15, 0.2) is 17.5 Å². The van der Waals surface area contributed by atoms with E-state index >= 15 is 0 Å². The summed E-state index contributed by atoms with van der Waals surface area (Å²) >= 11 is 1.55. The van der Waals surface area contributed by atoms with Gasteiger partial charge in [-0.15, -0.1) is 11.3 Å². The second kappa shape index (κ2) is 9.30. The average Bonchev–Trinajstić information content (AvgIpc) is 2.93. The van der Waals surface area contributed by atoms with Crippen LogP contribution < -0.4 is 0 Å². The molecule has 1 heterocycles. The molecular weight excluding hydrogens is 266 g/mol. The van der Waals surface area contributed by atoms with Gasteiger partial charge in [0.15, 0.2) is 5.78 Å². The summed E-state index contributed by atoms with van der Waals surface area (Å²) < 4.78 is 0. The molecular formula is C17H29NOS. The van der Waals surface area contributed by atoms with Crippen molar-refractivity contribution in [3.8, 4) is 0 Å². The summed E-state index contributed by atoms with van der Waals surface area (Å²) in [5.74, 6) is 0.984. The Labute approximate surface area is 128 Å². The number of Topliss-reactive ketones (excluding diaryl/α,β-unsaturated/α-hetero) is 1. The zero-order chi connectivity index (χ0) is 15.0. The third kappa shape index (κ3) is 5.76.